The zero-order valence-electron chi connectivity index (χ0n) is 28.2. The minimum Gasteiger partial charge on any atom is -0.507 e. The Bertz CT molecular complexity index is 1740. The lowest BCUT2D eigenvalue weighted by Gasteiger charge is -2.41. The molecule has 8 nitrogen and oxygen atoms in total. The van der Waals surface area contributed by atoms with Crippen LogP contribution in [0.25, 0.3) is 5.76 Å². The number of amides is 1. The number of anilines is 1. The summed E-state index contributed by atoms with van der Waals surface area (Å²) in [6.45, 7) is 11.6. The molecule has 0 aliphatic carbocycles. The first kappa shape index (κ1) is 37.0. The number of hydrogen-bond donors (Lipinski definition) is 3. The van der Waals surface area contributed by atoms with Gasteiger partial charge >= 0.3 is 6.09 Å². The summed E-state index contributed by atoms with van der Waals surface area (Å²) in [6.07, 6.45) is -0.198. The van der Waals surface area contributed by atoms with Gasteiger partial charge < -0.3 is 20.3 Å². The Hall–Kier alpha value is -3.80. The van der Waals surface area contributed by atoms with Crippen molar-refractivity contribution < 1.29 is 32.6 Å². The van der Waals surface area contributed by atoms with Crippen molar-refractivity contribution in [1.82, 2.24) is 4.90 Å². The molecule has 1 saturated heterocycles. The van der Waals surface area contributed by atoms with Gasteiger partial charge in [-0.15, -0.1) is 0 Å². The number of halogens is 1. The highest BCUT2D eigenvalue weighted by atomic mass is 32.2. The highest BCUT2D eigenvalue weighted by Gasteiger charge is 2.44. The van der Waals surface area contributed by atoms with E-state index in [9.17, 15) is 27.8 Å². The van der Waals surface area contributed by atoms with Crippen molar-refractivity contribution in [3.05, 3.63) is 107 Å². The van der Waals surface area contributed by atoms with E-state index in [1.165, 1.54) is 35.2 Å². The summed E-state index contributed by atoms with van der Waals surface area (Å²) in [5.41, 5.74) is 2.75. The number of carbonyl (C=O) groups excluding carboxylic acids is 1. The number of hydrogen-bond acceptors (Lipinski definition) is 7. The standard InChI is InChI=1S/C37H45FN2O6S2/c1-36(2,3)28-9-7-8-25(19-28)21-40(35(43)46-37(4,5)6)31-23-48(44,45)22-27(34(31)42)18-24-10-16-30(17-11-24)39-33(47)20-32(41)26-12-14-29(38)15-13-26/h7-17,19-20,27,31,34,41-42H,18,21-23H2,1-6H3,(H,39,47)/t27-,31+,34+/m1/s1. The molecule has 4 rings (SSSR count). The summed E-state index contributed by atoms with van der Waals surface area (Å²) in [5, 5.41) is 25.0. The zero-order valence-corrected chi connectivity index (χ0v) is 29.9. The van der Waals surface area contributed by atoms with Crippen molar-refractivity contribution in [1.29, 1.82) is 0 Å². The Labute approximate surface area is 288 Å². The maximum Gasteiger partial charge on any atom is 0.410 e. The van der Waals surface area contributed by atoms with Crippen LogP contribution in [0.15, 0.2) is 78.9 Å². The molecule has 3 aromatic carbocycles. The number of sulfone groups is 1. The van der Waals surface area contributed by atoms with E-state index in [2.05, 4.69) is 26.1 Å². The minimum atomic E-state index is -3.63. The van der Waals surface area contributed by atoms with Gasteiger partial charge in [-0.25, -0.2) is 17.6 Å². The monoisotopic (exact) mass is 696 g/mol. The lowest BCUT2D eigenvalue weighted by molar-refractivity contribution is -0.0172. The molecule has 1 fully saturated rings. The average Bonchev–Trinajstić information content (AvgIpc) is 2.97. The smallest absolute Gasteiger partial charge is 0.410 e. The van der Waals surface area contributed by atoms with E-state index in [1.54, 1.807) is 45.0 Å². The Balaban J connectivity index is 1.52. The van der Waals surface area contributed by atoms with Gasteiger partial charge in [0.25, 0.3) is 0 Å². The number of rotatable bonds is 8. The predicted octanol–water partition coefficient (Wildman–Crippen LogP) is 7.22. The van der Waals surface area contributed by atoms with Crippen LogP contribution in [0.1, 0.15) is 63.8 Å². The fraction of sp³-hybridized carbons (Fsp3) is 0.405. The number of thiocarbonyl (C=S) groups is 1. The van der Waals surface area contributed by atoms with Crippen molar-refractivity contribution in [2.45, 2.75) is 77.7 Å². The molecule has 3 aromatic rings. The lowest BCUT2D eigenvalue weighted by atomic mass is 9.86. The normalized spacial score (nSPS) is 19.8. The number of ether oxygens (including phenoxy) is 1. The Morgan fingerprint density at radius 2 is 1.65 bits per heavy atom. The third kappa shape index (κ3) is 10.3. The van der Waals surface area contributed by atoms with E-state index < -0.39 is 45.4 Å². The quantitative estimate of drug-likeness (QED) is 0.129. The minimum absolute atomic E-state index is 0.0776. The first-order valence-electron chi connectivity index (χ1n) is 15.8. The fourth-order valence-corrected chi connectivity index (χ4v) is 7.85. The molecule has 1 aliphatic heterocycles. The third-order valence-corrected chi connectivity index (χ3v) is 10.1. The molecule has 258 valence electrons. The molecule has 0 aromatic heterocycles. The molecular weight excluding hydrogens is 652 g/mol. The fourth-order valence-electron chi connectivity index (χ4n) is 5.62. The van der Waals surface area contributed by atoms with Crippen LogP contribution in [0.4, 0.5) is 14.9 Å². The van der Waals surface area contributed by atoms with E-state index in [4.69, 9.17) is 17.0 Å². The molecule has 11 heteroatoms. The van der Waals surface area contributed by atoms with Crippen molar-refractivity contribution in [3.8, 4) is 0 Å². The van der Waals surface area contributed by atoms with Gasteiger partial charge in [-0.05, 0) is 85.7 Å². The van der Waals surface area contributed by atoms with Crippen LogP contribution in [-0.2, 0) is 33.0 Å². The van der Waals surface area contributed by atoms with E-state index in [0.29, 0.717) is 11.3 Å². The average molecular weight is 697 g/mol. The molecular formula is C37H45FN2O6S2. The van der Waals surface area contributed by atoms with Crippen molar-refractivity contribution in [2.24, 2.45) is 5.92 Å². The first-order valence-corrected chi connectivity index (χ1v) is 18.1. The van der Waals surface area contributed by atoms with Gasteiger partial charge in [0.05, 0.1) is 23.7 Å². The van der Waals surface area contributed by atoms with Crippen LogP contribution in [0.2, 0.25) is 0 Å². The second-order valence-corrected chi connectivity index (χ2v) is 17.0. The maximum absolute atomic E-state index is 13.6. The molecule has 0 spiro atoms. The summed E-state index contributed by atoms with van der Waals surface area (Å²) >= 11 is 5.34. The van der Waals surface area contributed by atoms with Crippen LogP contribution in [0.5, 0.6) is 0 Å². The summed E-state index contributed by atoms with van der Waals surface area (Å²) in [7, 11) is -3.63. The predicted molar refractivity (Wildman–Crippen MR) is 192 cm³/mol. The summed E-state index contributed by atoms with van der Waals surface area (Å²) in [6, 6.07) is 19.3. The number of nitrogens with one attached hydrogen (secondary N) is 1. The SMILES string of the molecule is CC(C)(C)OC(=O)N(Cc1cccc(C(C)(C)C)c1)[C@H]1CS(=O)(=O)C[C@@H](Cc2ccc(NC(=S)C=C(O)c3ccc(F)cc3)cc2)[C@@H]1O. The van der Waals surface area contributed by atoms with Gasteiger partial charge in [0, 0.05) is 29.8 Å². The van der Waals surface area contributed by atoms with Crippen LogP contribution in [-0.4, -0.2) is 63.9 Å². The van der Waals surface area contributed by atoms with E-state index >= 15 is 0 Å². The summed E-state index contributed by atoms with van der Waals surface area (Å²) < 4.78 is 45.5. The Morgan fingerprint density at radius 1 is 1.00 bits per heavy atom. The molecule has 3 atom stereocenters. The topological polar surface area (TPSA) is 116 Å². The Kier molecular flexibility index (Phi) is 11.4. The van der Waals surface area contributed by atoms with Crippen LogP contribution >= 0.6 is 12.2 Å². The molecule has 0 saturated carbocycles. The van der Waals surface area contributed by atoms with Crippen LogP contribution in [0, 0.1) is 11.7 Å². The number of aliphatic hydroxyl groups is 2. The van der Waals surface area contributed by atoms with Gasteiger partial charge in [0.2, 0.25) is 0 Å². The van der Waals surface area contributed by atoms with Gasteiger partial charge in [-0.1, -0.05) is 69.4 Å². The molecule has 1 aliphatic rings. The van der Waals surface area contributed by atoms with E-state index in [0.717, 1.165) is 16.7 Å². The number of carbonyl (C=O) groups is 1. The van der Waals surface area contributed by atoms with E-state index in [1.807, 2.05) is 24.3 Å². The van der Waals surface area contributed by atoms with Crippen molar-refractivity contribution in [2.75, 3.05) is 16.8 Å². The first-order chi connectivity index (χ1) is 22.3. The highest BCUT2D eigenvalue weighted by molar-refractivity contribution is 7.91. The molecule has 0 radical (unpaired) electrons. The second kappa shape index (κ2) is 14.8. The third-order valence-electron chi connectivity index (χ3n) is 8.07. The van der Waals surface area contributed by atoms with Crippen molar-refractivity contribution >= 4 is 44.6 Å². The number of benzene rings is 3. The molecule has 1 heterocycles. The van der Waals surface area contributed by atoms with Crippen LogP contribution < -0.4 is 5.32 Å². The van der Waals surface area contributed by atoms with Crippen LogP contribution in [0.3, 0.4) is 0 Å². The largest absolute Gasteiger partial charge is 0.507 e. The lowest BCUT2D eigenvalue weighted by Crippen LogP contribution is -2.58. The zero-order chi connectivity index (χ0) is 35.4. The number of aliphatic hydroxyl groups excluding tert-OH is 2. The van der Waals surface area contributed by atoms with Gasteiger partial charge in [0.1, 0.15) is 22.2 Å². The summed E-state index contributed by atoms with van der Waals surface area (Å²) in [4.78, 5) is 15.2. The van der Waals surface area contributed by atoms with Gasteiger partial charge in [-0.2, -0.15) is 0 Å². The van der Waals surface area contributed by atoms with Gasteiger partial charge in [-0.3, -0.25) is 4.90 Å². The second-order valence-electron chi connectivity index (χ2n) is 14.4. The Morgan fingerprint density at radius 3 is 2.25 bits per heavy atom. The number of nitrogens with zero attached hydrogens (tertiary/aromatic N) is 1. The highest BCUT2D eigenvalue weighted by Crippen LogP contribution is 2.30. The molecule has 0 bridgehead atoms. The summed E-state index contributed by atoms with van der Waals surface area (Å²) in [5.74, 6) is -1.79. The maximum atomic E-state index is 13.6. The molecule has 0 unspecified atom stereocenters. The molecule has 3 N–H and O–H groups in total. The van der Waals surface area contributed by atoms with Gasteiger partial charge in [0.15, 0.2) is 9.84 Å². The van der Waals surface area contributed by atoms with Crippen molar-refractivity contribution in [3.63, 3.8) is 0 Å². The van der Waals surface area contributed by atoms with E-state index in [-0.39, 0.29) is 40.6 Å². The molecule has 48 heavy (non-hydrogen) atoms. The molecule has 1 amide bonds.